The van der Waals surface area contributed by atoms with Crippen molar-refractivity contribution < 1.29 is 19.1 Å². The van der Waals surface area contributed by atoms with Crippen LogP contribution in [-0.2, 0) is 9.47 Å². The van der Waals surface area contributed by atoms with Crippen molar-refractivity contribution in [1.82, 2.24) is 4.98 Å². The maximum Gasteiger partial charge on any atom is 0.341 e. The number of aryl methyl sites for hydroxylation is 1. The van der Waals surface area contributed by atoms with Crippen LogP contribution in [0.4, 0.5) is 11.4 Å². The van der Waals surface area contributed by atoms with Gasteiger partial charge in [-0.15, -0.1) is 0 Å². The SMILES string of the molecule is CCOC(=O)c1cccc(Nc2c(C(=O)OCC)cnc3c(C)cccc23)c1. The van der Waals surface area contributed by atoms with Gasteiger partial charge in [-0.2, -0.15) is 0 Å². The molecule has 0 aliphatic heterocycles. The number of hydrogen-bond donors (Lipinski definition) is 1. The lowest BCUT2D eigenvalue weighted by Crippen LogP contribution is -2.10. The maximum atomic E-state index is 12.5. The van der Waals surface area contributed by atoms with Crippen LogP contribution in [0.1, 0.15) is 40.1 Å². The van der Waals surface area contributed by atoms with E-state index in [-0.39, 0.29) is 6.61 Å². The van der Waals surface area contributed by atoms with Crippen LogP contribution < -0.4 is 5.32 Å². The van der Waals surface area contributed by atoms with Crippen molar-refractivity contribution >= 4 is 34.2 Å². The second kappa shape index (κ2) is 8.52. The van der Waals surface area contributed by atoms with Gasteiger partial charge in [0.15, 0.2) is 0 Å². The Morgan fingerprint density at radius 1 is 1.00 bits per heavy atom. The maximum absolute atomic E-state index is 12.5. The quantitative estimate of drug-likeness (QED) is 0.630. The molecule has 28 heavy (non-hydrogen) atoms. The highest BCUT2D eigenvalue weighted by Gasteiger charge is 2.18. The van der Waals surface area contributed by atoms with Crippen molar-refractivity contribution in [3.05, 3.63) is 65.4 Å². The standard InChI is InChI=1S/C22H22N2O4/c1-4-27-21(25)15-9-7-10-16(12-15)24-20-17-11-6-8-14(3)19(17)23-13-18(20)22(26)28-5-2/h6-13H,4-5H2,1-3H3,(H,23,24). The Kier molecular flexibility index (Phi) is 5.89. The zero-order valence-electron chi connectivity index (χ0n) is 16.1. The molecule has 0 spiro atoms. The van der Waals surface area contributed by atoms with Gasteiger partial charge < -0.3 is 14.8 Å². The minimum Gasteiger partial charge on any atom is -0.462 e. The van der Waals surface area contributed by atoms with Crippen LogP contribution in [0.25, 0.3) is 10.9 Å². The number of fused-ring (bicyclic) bond motifs is 1. The minimum absolute atomic E-state index is 0.266. The van der Waals surface area contributed by atoms with Crippen molar-refractivity contribution in [3.63, 3.8) is 0 Å². The fourth-order valence-corrected chi connectivity index (χ4v) is 2.95. The molecule has 144 valence electrons. The second-order valence-electron chi connectivity index (χ2n) is 6.16. The summed E-state index contributed by atoms with van der Waals surface area (Å²) in [6, 6.07) is 12.7. The van der Waals surface area contributed by atoms with E-state index < -0.39 is 11.9 Å². The highest BCUT2D eigenvalue weighted by molar-refractivity contribution is 6.06. The van der Waals surface area contributed by atoms with Gasteiger partial charge in [0.25, 0.3) is 0 Å². The third kappa shape index (κ3) is 3.96. The molecule has 6 heteroatoms. The van der Waals surface area contributed by atoms with Gasteiger partial charge >= 0.3 is 11.9 Å². The van der Waals surface area contributed by atoms with Gasteiger partial charge in [-0.3, -0.25) is 4.98 Å². The van der Waals surface area contributed by atoms with E-state index in [0.717, 1.165) is 16.5 Å². The second-order valence-corrected chi connectivity index (χ2v) is 6.16. The number of anilines is 2. The number of carbonyl (C=O) groups excluding carboxylic acids is 2. The molecular weight excluding hydrogens is 356 g/mol. The largest absolute Gasteiger partial charge is 0.462 e. The topological polar surface area (TPSA) is 77.5 Å². The van der Waals surface area contributed by atoms with Gasteiger partial charge in [-0.1, -0.05) is 24.3 Å². The summed E-state index contributed by atoms with van der Waals surface area (Å²) in [7, 11) is 0. The Hall–Kier alpha value is -3.41. The normalized spacial score (nSPS) is 10.5. The Bertz CT molecular complexity index is 1030. The van der Waals surface area contributed by atoms with E-state index in [9.17, 15) is 9.59 Å². The van der Waals surface area contributed by atoms with Crippen molar-refractivity contribution in [1.29, 1.82) is 0 Å². The predicted octanol–water partition coefficient (Wildman–Crippen LogP) is 4.64. The van der Waals surface area contributed by atoms with E-state index in [4.69, 9.17) is 9.47 Å². The van der Waals surface area contributed by atoms with Gasteiger partial charge in [-0.25, -0.2) is 9.59 Å². The zero-order chi connectivity index (χ0) is 20.1. The molecule has 0 bridgehead atoms. The molecule has 3 aromatic rings. The fraction of sp³-hybridized carbons (Fsp3) is 0.227. The number of carbonyl (C=O) groups is 2. The summed E-state index contributed by atoms with van der Waals surface area (Å²) < 4.78 is 10.2. The van der Waals surface area contributed by atoms with Crippen LogP contribution in [0.3, 0.4) is 0 Å². The molecule has 0 aliphatic carbocycles. The van der Waals surface area contributed by atoms with Crippen molar-refractivity contribution in [2.24, 2.45) is 0 Å². The van der Waals surface area contributed by atoms with Crippen LogP contribution in [0, 0.1) is 6.92 Å². The van der Waals surface area contributed by atoms with E-state index in [1.807, 2.05) is 31.2 Å². The van der Waals surface area contributed by atoms with Crippen molar-refractivity contribution in [3.8, 4) is 0 Å². The number of ether oxygens (including phenoxy) is 2. The van der Waals surface area contributed by atoms with E-state index >= 15 is 0 Å². The van der Waals surface area contributed by atoms with E-state index in [2.05, 4.69) is 10.3 Å². The first-order chi connectivity index (χ1) is 13.5. The smallest absolute Gasteiger partial charge is 0.341 e. The van der Waals surface area contributed by atoms with Crippen LogP contribution in [-0.4, -0.2) is 30.1 Å². The highest BCUT2D eigenvalue weighted by atomic mass is 16.5. The van der Waals surface area contributed by atoms with Gasteiger partial charge in [0.1, 0.15) is 5.56 Å². The first-order valence-electron chi connectivity index (χ1n) is 9.14. The van der Waals surface area contributed by atoms with E-state index in [0.29, 0.717) is 29.1 Å². The fourth-order valence-electron chi connectivity index (χ4n) is 2.95. The number of benzene rings is 2. The number of esters is 2. The lowest BCUT2D eigenvalue weighted by Gasteiger charge is -2.15. The van der Waals surface area contributed by atoms with Gasteiger partial charge in [-0.05, 0) is 44.5 Å². The summed E-state index contributed by atoms with van der Waals surface area (Å²) in [5.41, 5.74) is 3.80. The van der Waals surface area contributed by atoms with E-state index in [1.54, 1.807) is 32.0 Å². The van der Waals surface area contributed by atoms with Gasteiger partial charge in [0.2, 0.25) is 0 Å². The molecule has 0 saturated heterocycles. The molecule has 0 aliphatic rings. The molecular formula is C22H22N2O4. The monoisotopic (exact) mass is 378 g/mol. The molecule has 0 atom stereocenters. The molecule has 0 amide bonds. The number of aromatic nitrogens is 1. The molecule has 0 radical (unpaired) electrons. The Balaban J connectivity index is 2.09. The van der Waals surface area contributed by atoms with Crippen molar-refractivity contribution in [2.45, 2.75) is 20.8 Å². The predicted molar refractivity (Wildman–Crippen MR) is 108 cm³/mol. The first-order valence-corrected chi connectivity index (χ1v) is 9.14. The molecule has 1 N–H and O–H groups in total. The van der Waals surface area contributed by atoms with Gasteiger partial charge in [0, 0.05) is 17.3 Å². The summed E-state index contributed by atoms with van der Waals surface area (Å²) in [6.07, 6.45) is 1.52. The van der Waals surface area contributed by atoms with Crippen LogP contribution in [0.15, 0.2) is 48.7 Å². The summed E-state index contributed by atoms with van der Waals surface area (Å²) >= 11 is 0. The van der Waals surface area contributed by atoms with Gasteiger partial charge in [0.05, 0.1) is 30.0 Å². The average Bonchev–Trinajstić information content (AvgIpc) is 2.69. The molecule has 1 heterocycles. The number of hydrogen-bond acceptors (Lipinski definition) is 6. The lowest BCUT2D eigenvalue weighted by molar-refractivity contribution is 0.0517. The highest BCUT2D eigenvalue weighted by Crippen LogP contribution is 2.31. The number of para-hydroxylation sites is 1. The molecule has 0 saturated carbocycles. The number of nitrogens with zero attached hydrogens (tertiary/aromatic N) is 1. The van der Waals surface area contributed by atoms with Crippen LogP contribution in [0.2, 0.25) is 0 Å². The lowest BCUT2D eigenvalue weighted by atomic mass is 10.1. The molecule has 0 fully saturated rings. The molecule has 6 nitrogen and oxygen atoms in total. The number of rotatable bonds is 6. The Morgan fingerprint density at radius 2 is 1.71 bits per heavy atom. The number of nitrogens with one attached hydrogen (secondary N) is 1. The third-order valence-corrected chi connectivity index (χ3v) is 4.24. The molecule has 0 unspecified atom stereocenters. The van der Waals surface area contributed by atoms with Crippen LogP contribution >= 0.6 is 0 Å². The van der Waals surface area contributed by atoms with Crippen LogP contribution in [0.5, 0.6) is 0 Å². The minimum atomic E-state index is -0.456. The number of pyridine rings is 1. The average molecular weight is 378 g/mol. The summed E-state index contributed by atoms with van der Waals surface area (Å²) in [5, 5.41) is 4.07. The summed E-state index contributed by atoms with van der Waals surface area (Å²) in [5.74, 6) is -0.852. The Morgan fingerprint density at radius 3 is 2.46 bits per heavy atom. The summed E-state index contributed by atoms with van der Waals surface area (Å²) in [4.78, 5) is 28.9. The third-order valence-electron chi connectivity index (χ3n) is 4.24. The summed E-state index contributed by atoms with van der Waals surface area (Å²) in [6.45, 7) is 6.05. The first kappa shape index (κ1) is 19.4. The van der Waals surface area contributed by atoms with E-state index in [1.165, 1.54) is 6.20 Å². The zero-order valence-corrected chi connectivity index (χ0v) is 16.1. The Labute approximate surface area is 163 Å². The molecule has 1 aromatic heterocycles. The molecule has 3 rings (SSSR count). The van der Waals surface area contributed by atoms with Crippen molar-refractivity contribution in [2.75, 3.05) is 18.5 Å². The molecule has 2 aromatic carbocycles.